The molecular formula is C13H21N5O. The number of aromatic nitrogens is 3. The van der Waals surface area contributed by atoms with Crippen LogP contribution in [0.2, 0.25) is 0 Å². The third-order valence-electron chi connectivity index (χ3n) is 4.53. The quantitative estimate of drug-likeness (QED) is 0.866. The van der Waals surface area contributed by atoms with Crippen LogP contribution in [-0.4, -0.2) is 50.7 Å². The number of rotatable bonds is 3. The van der Waals surface area contributed by atoms with Crippen molar-refractivity contribution in [1.29, 1.82) is 0 Å². The van der Waals surface area contributed by atoms with Gasteiger partial charge in [-0.1, -0.05) is 0 Å². The van der Waals surface area contributed by atoms with Crippen molar-refractivity contribution in [3.05, 3.63) is 12.7 Å². The molecule has 3 heterocycles. The molecule has 2 aliphatic rings. The molecule has 3 rings (SSSR count). The summed E-state index contributed by atoms with van der Waals surface area (Å²) < 4.78 is 1.62. The van der Waals surface area contributed by atoms with E-state index in [9.17, 15) is 4.79 Å². The number of carbonyl (C=O) groups is 1. The summed E-state index contributed by atoms with van der Waals surface area (Å²) in [6.45, 7) is 1.88. The van der Waals surface area contributed by atoms with Crippen molar-refractivity contribution in [2.24, 2.45) is 0 Å². The number of piperidine rings is 1. The predicted octanol–water partition coefficient (Wildman–Crippen LogP) is 0.580. The molecule has 3 unspecified atom stereocenters. The highest BCUT2D eigenvalue weighted by atomic mass is 16.2. The summed E-state index contributed by atoms with van der Waals surface area (Å²) in [5, 5.41) is 7.66. The average Bonchev–Trinajstić information content (AvgIpc) is 3.06. The van der Waals surface area contributed by atoms with E-state index in [4.69, 9.17) is 0 Å². The monoisotopic (exact) mass is 263 g/mol. The topological polar surface area (TPSA) is 63.1 Å². The van der Waals surface area contributed by atoms with Crippen LogP contribution in [0.1, 0.15) is 38.6 Å². The van der Waals surface area contributed by atoms with Gasteiger partial charge in [0, 0.05) is 25.2 Å². The second-order valence-corrected chi connectivity index (χ2v) is 5.76. The maximum Gasteiger partial charge on any atom is 0.247 e. The number of hydrogen-bond acceptors (Lipinski definition) is 4. The van der Waals surface area contributed by atoms with E-state index in [1.54, 1.807) is 11.0 Å². The lowest BCUT2D eigenvalue weighted by atomic mass is 9.98. The van der Waals surface area contributed by atoms with Gasteiger partial charge in [0.15, 0.2) is 0 Å². The van der Waals surface area contributed by atoms with Crippen LogP contribution in [0.4, 0.5) is 0 Å². The molecular weight excluding hydrogens is 242 g/mol. The van der Waals surface area contributed by atoms with E-state index in [-0.39, 0.29) is 11.9 Å². The standard InChI is InChI=1S/C13H21N5O/c1-9(18-8-14-7-15-18)13(19)17(2)12-5-10-3-4-11(6-12)16-10/h7-12,16H,3-6H2,1-2H3. The summed E-state index contributed by atoms with van der Waals surface area (Å²) in [4.78, 5) is 18.3. The van der Waals surface area contributed by atoms with Crippen molar-refractivity contribution in [2.75, 3.05) is 7.05 Å². The van der Waals surface area contributed by atoms with Crippen LogP contribution in [0, 0.1) is 0 Å². The summed E-state index contributed by atoms with van der Waals surface area (Å²) >= 11 is 0. The first-order valence-corrected chi connectivity index (χ1v) is 7.02. The highest BCUT2D eigenvalue weighted by molar-refractivity contribution is 5.80. The molecule has 2 aliphatic heterocycles. The van der Waals surface area contributed by atoms with Gasteiger partial charge in [-0.15, -0.1) is 0 Å². The zero-order chi connectivity index (χ0) is 13.4. The van der Waals surface area contributed by atoms with Gasteiger partial charge >= 0.3 is 0 Å². The number of carbonyl (C=O) groups excluding carboxylic acids is 1. The summed E-state index contributed by atoms with van der Waals surface area (Å²) in [5.74, 6) is 0.122. The van der Waals surface area contributed by atoms with E-state index in [1.807, 2.05) is 18.9 Å². The molecule has 0 radical (unpaired) electrons. The van der Waals surface area contributed by atoms with E-state index < -0.39 is 0 Å². The van der Waals surface area contributed by atoms with Crippen LogP contribution in [0.3, 0.4) is 0 Å². The smallest absolute Gasteiger partial charge is 0.247 e. The van der Waals surface area contributed by atoms with Gasteiger partial charge in [0.1, 0.15) is 18.7 Å². The Kier molecular flexibility index (Phi) is 3.26. The van der Waals surface area contributed by atoms with Crippen LogP contribution < -0.4 is 5.32 Å². The van der Waals surface area contributed by atoms with Crippen LogP contribution in [0.15, 0.2) is 12.7 Å². The van der Waals surface area contributed by atoms with Crippen LogP contribution >= 0.6 is 0 Å². The Morgan fingerprint density at radius 3 is 2.68 bits per heavy atom. The maximum atomic E-state index is 12.5. The number of likely N-dealkylation sites (N-methyl/N-ethyl adjacent to an activating group) is 1. The fourth-order valence-corrected chi connectivity index (χ4v) is 3.35. The Morgan fingerprint density at radius 2 is 2.11 bits per heavy atom. The Hall–Kier alpha value is -1.43. The highest BCUT2D eigenvalue weighted by Crippen LogP contribution is 2.30. The summed E-state index contributed by atoms with van der Waals surface area (Å²) in [6.07, 6.45) is 7.71. The van der Waals surface area contributed by atoms with Crippen molar-refractivity contribution >= 4 is 5.91 Å². The molecule has 0 spiro atoms. The van der Waals surface area contributed by atoms with Gasteiger partial charge in [0.25, 0.3) is 0 Å². The van der Waals surface area contributed by atoms with Crippen molar-refractivity contribution in [1.82, 2.24) is 25.0 Å². The highest BCUT2D eigenvalue weighted by Gasteiger charge is 2.37. The van der Waals surface area contributed by atoms with Gasteiger partial charge in [-0.3, -0.25) is 4.79 Å². The van der Waals surface area contributed by atoms with Gasteiger partial charge < -0.3 is 10.2 Å². The van der Waals surface area contributed by atoms with Crippen molar-refractivity contribution < 1.29 is 4.79 Å². The molecule has 1 N–H and O–H groups in total. The molecule has 6 nitrogen and oxygen atoms in total. The normalized spacial score (nSPS) is 31.2. The van der Waals surface area contributed by atoms with E-state index in [1.165, 1.54) is 19.2 Å². The molecule has 2 saturated heterocycles. The minimum atomic E-state index is -0.278. The van der Waals surface area contributed by atoms with E-state index in [2.05, 4.69) is 15.4 Å². The SMILES string of the molecule is CC(C(=O)N(C)C1CC2CCC(C1)N2)n1cncn1. The average molecular weight is 263 g/mol. The second-order valence-electron chi connectivity index (χ2n) is 5.76. The molecule has 2 fully saturated rings. The van der Waals surface area contributed by atoms with E-state index in [0.29, 0.717) is 18.1 Å². The fraction of sp³-hybridized carbons (Fsp3) is 0.769. The zero-order valence-electron chi connectivity index (χ0n) is 11.5. The summed E-state index contributed by atoms with van der Waals surface area (Å²) in [6, 6.07) is 1.28. The second kappa shape index (κ2) is 4.92. The molecule has 104 valence electrons. The van der Waals surface area contributed by atoms with Crippen molar-refractivity contribution in [3.8, 4) is 0 Å². The Morgan fingerprint density at radius 1 is 1.42 bits per heavy atom. The molecule has 1 aromatic heterocycles. The summed E-state index contributed by atoms with van der Waals surface area (Å²) in [5.41, 5.74) is 0. The van der Waals surface area contributed by atoms with Gasteiger partial charge in [-0.05, 0) is 32.6 Å². The molecule has 0 saturated carbocycles. The van der Waals surface area contributed by atoms with Gasteiger partial charge in [-0.25, -0.2) is 9.67 Å². The third-order valence-corrected chi connectivity index (χ3v) is 4.53. The largest absolute Gasteiger partial charge is 0.341 e. The van der Waals surface area contributed by atoms with Crippen molar-refractivity contribution in [3.63, 3.8) is 0 Å². The lowest BCUT2D eigenvalue weighted by Crippen LogP contribution is -2.50. The summed E-state index contributed by atoms with van der Waals surface area (Å²) in [7, 11) is 1.92. The molecule has 2 bridgehead atoms. The van der Waals surface area contributed by atoms with E-state index >= 15 is 0 Å². The fourth-order valence-electron chi connectivity index (χ4n) is 3.35. The van der Waals surface area contributed by atoms with Crippen LogP contribution in [0.5, 0.6) is 0 Å². The first kappa shape index (κ1) is 12.6. The Labute approximate surface area is 113 Å². The molecule has 6 heteroatoms. The van der Waals surface area contributed by atoms with Gasteiger partial charge in [-0.2, -0.15) is 5.10 Å². The van der Waals surface area contributed by atoms with Gasteiger partial charge in [0.05, 0.1) is 0 Å². The van der Waals surface area contributed by atoms with Crippen molar-refractivity contribution in [2.45, 2.75) is 56.8 Å². The molecule has 3 atom stereocenters. The zero-order valence-corrected chi connectivity index (χ0v) is 11.5. The Balaban J connectivity index is 1.66. The lowest BCUT2D eigenvalue weighted by Gasteiger charge is -2.36. The van der Waals surface area contributed by atoms with Gasteiger partial charge in [0.2, 0.25) is 5.91 Å². The minimum absolute atomic E-state index is 0.122. The Bertz CT molecular complexity index is 434. The molecule has 0 aliphatic carbocycles. The maximum absolute atomic E-state index is 12.5. The first-order valence-electron chi connectivity index (χ1n) is 7.02. The molecule has 19 heavy (non-hydrogen) atoms. The minimum Gasteiger partial charge on any atom is -0.341 e. The van der Waals surface area contributed by atoms with Crippen LogP contribution in [0.25, 0.3) is 0 Å². The van der Waals surface area contributed by atoms with Crippen LogP contribution in [-0.2, 0) is 4.79 Å². The molecule has 1 amide bonds. The third kappa shape index (κ3) is 2.36. The first-order chi connectivity index (χ1) is 9.15. The number of nitrogens with one attached hydrogen (secondary N) is 1. The molecule has 0 aromatic carbocycles. The van der Waals surface area contributed by atoms with E-state index in [0.717, 1.165) is 12.8 Å². The number of hydrogen-bond donors (Lipinski definition) is 1. The lowest BCUT2D eigenvalue weighted by molar-refractivity contribution is -0.136. The molecule has 1 aromatic rings. The number of amides is 1. The predicted molar refractivity (Wildman–Crippen MR) is 70.5 cm³/mol. The number of nitrogens with zero attached hydrogens (tertiary/aromatic N) is 4. The number of fused-ring (bicyclic) bond motifs is 2.